The molecule has 0 spiro atoms. The van der Waals surface area contributed by atoms with Crippen molar-refractivity contribution in [3.05, 3.63) is 71.8 Å². The third-order valence-electron chi connectivity index (χ3n) is 7.67. The van der Waals surface area contributed by atoms with E-state index in [1.54, 1.807) is 30.4 Å². The number of carbonyl (C=O) groups is 1. The van der Waals surface area contributed by atoms with E-state index in [0.717, 1.165) is 37.2 Å². The van der Waals surface area contributed by atoms with Gasteiger partial charge in [-0.15, -0.1) is 0 Å². The molecule has 0 bridgehead atoms. The average Bonchev–Trinajstić information content (AvgIpc) is 3.49. The predicted octanol–water partition coefficient (Wildman–Crippen LogP) is 5.56. The Bertz CT molecular complexity index is 1450. The molecule has 2 N–H and O–H groups in total. The zero-order chi connectivity index (χ0) is 29.8. The molecule has 2 aromatic carbocycles. The monoisotopic (exact) mass is 595 g/mol. The SMILES string of the molecule is C=CC(=O)Nc1cc(Nc2cc(N3OCC[C@@H]3c3ccc(F)c(Cl)c3)ncn2)c(OC)cc1N1CCC(N(C)C)CC1. The van der Waals surface area contributed by atoms with E-state index in [0.29, 0.717) is 47.8 Å². The zero-order valence-electron chi connectivity index (χ0n) is 23.9. The molecule has 10 nitrogen and oxygen atoms in total. The van der Waals surface area contributed by atoms with Gasteiger partial charge in [0.15, 0.2) is 5.82 Å². The summed E-state index contributed by atoms with van der Waals surface area (Å²) in [6.45, 7) is 5.77. The normalized spacial score (nSPS) is 17.4. The van der Waals surface area contributed by atoms with Crippen LogP contribution in [0.4, 0.5) is 33.1 Å². The predicted molar refractivity (Wildman–Crippen MR) is 163 cm³/mol. The third-order valence-corrected chi connectivity index (χ3v) is 7.96. The summed E-state index contributed by atoms with van der Waals surface area (Å²) >= 11 is 6.04. The van der Waals surface area contributed by atoms with Crippen LogP contribution < -0.4 is 25.3 Å². The first-order chi connectivity index (χ1) is 20.3. The van der Waals surface area contributed by atoms with Gasteiger partial charge >= 0.3 is 0 Å². The minimum atomic E-state index is -0.471. The summed E-state index contributed by atoms with van der Waals surface area (Å²) in [6.07, 6.45) is 5.39. The van der Waals surface area contributed by atoms with Crippen LogP contribution in [0.3, 0.4) is 0 Å². The zero-order valence-corrected chi connectivity index (χ0v) is 24.7. The minimum absolute atomic E-state index is 0.0568. The van der Waals surface area contributed by atoms with Gasteiger partial charge in [-0.2, -0.15) is 0 Å². The number of carbonyl (C=O) groups excluding carboxylic acids is 1. The maximum atomic E-state index is 13.8. The number of ether oxygens (including phenoxy) is 1. The van der Waals surface area contributed by atoms with Gasteiger partial charge in [0.25, 0.3) is 0 Å². The van der Waals surface area contributed by atoms with Crippen LogP contribution in [-0.2, 0) is 9.63 Å². The van der Waals surface area contributed by atoms with Gasteiger partial charge in [0.05, 0.1) is 41.8 Å². The van der Waals surface area contributed by atoms with Crippen molar-refractivity contribution in [2.24, 2.45) is 0 Å². The molecule has 1 aromatic heterocycles. The van der Waals surface area contributed by atoms with Crippen molar-refractivity contribution < 1.29 is 18.8 Å². The molecule has 1 amide bonds. The van der Waals surface area contributed by atoms with Gasteiger partial charge in [-0.05, 0) is 56.8 Å². The molecule has 222 valence electrons. The van der Waals surface area contributed by atoms with Crippen molar-refractivity contribution >= 4 is 46.2 Å². The number of nitrogens with zero attached hydrogens (tertiary/aromatic N) is 5. The number of piperidine rings is 1. The molecule has 2 aliphatic rings. The van der Waals surface area contributed by atoms with E-state index in [1.807, 2.05) is 12.1 Å². The Morgan fingerprint density at radius 3 is 2.64 bits per heavy atom. The van der Waals surface area contributed by atoms with E-state index in [2.05, 4.69) is 51.1 Å². The fraction of sp³-hybridized carbons (Fsp3) is 0.367. The molecule has 5 rings (SSSR count). The lowest BCUT2D eigenvalue weighted by atomic mass is 10.0. The van der Waals surface area contributed by atoms with E-state index in [-0.39, 0.29) is 17.0 Å². The van der Waals surface area contributed by atoms with Crippen LogP contribution in [0.25, 0.3) is 0 Å². The average molecular weight is 596 g/mol. The van der Waals surface area contributed by atoms with Crippen molar-refractivity contribution in [1.29, 1.82) is 0 Å². The lowest BCUT2D eigenvalue weighted by Crippen LogP contribution is -2.42. The van der Waals surface area contributed by atoms with Gasteiger partial charge in [-0.1, -0.05) is 24.2 Å². The van der Waals surface area contributed by atoms with Crippen LogP contribution in [0, 0.1) is 5.82 Å². The topological polar surface area (TPSA) is 95.1 Å². The number of nitrogens with one attached hydrogen (secondary N) is 2. The third kappa shape index (κ3) is 6.43. The molecular formula is C30H35ClFN7O3. The lowest BCUT2D eigenvalue weighted by molar-refractivity contribution is -0.111. The molecule has 2 fully saturated rings. The molecule has 2 aliphatic heterocycles. The maximum absolute atomic E-state index is 13.8. The molecule has 2 saturated heterocycles. The second-order valence-electron chi connectivity index (χ2n) is 10.5. The molecule has 0 aliphatic carbocycles. The summed E-state index contributed by atoms with van der Waals surface area (Å²) in [5.74, 6) is 0.826. The number of amides is 1. The number of rotatable bonds is 9. The first-order valence-corrected chi connectivity index (χ1v) is 14.2. The van der Waals surface area contributed by atoms with Crippen LogP contribution >= 0.6 is 11.6 Å². The number of benzene rings is 2. The van der Waals surface area contributed by atoms with E-state index < -0.39 is 5.82 Å². The Hall–Kier alpha value is -3.93. The number of hydrogen-bond acceptors (Lipinski definition) is 9. The molecule has 12 heteroatoms. The summed E-state index contributed by atoms with van der Waals surface area (Å²) in [5.41, 5.74) is 2.94. The lowest BCUT2D eigenvalue weighted by Gasteiger charge is -2.37. The summed E-state index contributed by atoms with van der Waals surface area (Å²) in [6, 6.07) is 10.5. The Labute approximate surface area is 250 Å². The minimum Gasteiger partial charge on any atom is -0.494 e. The quantitative estimate of drug-likeness (QED) is 0.308. The molecule has 42 heavy (non-hydrogen) atoms. The fourth-order valence-corrected chi connectivity index (χ4v) is 5.58. The van der Waals surface area contributed by atoms with E-state index in [1.165, 1.54) is 18.5 Å². The molecule has 3 aromatic rings. The van der Waals surface area contributed by atoms with Gasteiger partial charge in [0.1, 0.15) is 23.7 Å². The van der Waals surface area contributed by atoms with Crippen LogP contribution in [0.1, 0.15) is 30.9 Å². The van der Waals surface area contributed by atoms with Crippen LogP contribution in [-0.4, -0.2) is 67.7 Å². The molecule has 0 unspecified atom stereocenters. The van der Waals surface area contributed by atoms with Crippen molar-refractivity contribution in [3.63, 3.8) is 0 Å². The Morgan fingerprint density at radius 2 is 1.95 bits per heavy atom. The van der Waals surface area contributed by atoms with E-state index in [4.69, 9.17) is 21.2 Å². The second kappa shape index (κ2) is 12.9. The summed E-state index contributed by atoms with van der Waals surface area (Å²) < 4.78 is 19.5. The van der Waals surface area contributed by atoms with Crippen molar-refractivity contribution in [3.8, 4) is 5.75 Å². The second-order valence-corrected chi connectivity index (χ2v) is 10.9. The van der Waals surface area contributed by atoms with E-state index >= 15 is 0 Å². The highest BCUT2D eigenvalue weighted by Gasteiger charge is 2.30. The number of aromatic nitrogens is 2. The van der Waals surface area contributed by atoms with Crippen LogP contribution in [0.2, 0.25) is 5.02 Å². The summed E-state index contributed by atoms with van der Waals surface area (Å²) in [4.78, 5) is 31.6. The Balaban J connectivity index is 1.42. The Kier molecular flexibility index (Phi) is 9.10. The van der Waals surface area contributed by atoms with Gasteiger partial charge in [0, 0.05) is 37.7 Å². The highest BCUT2D eigenvalue weighted by molar-refractivity contribution is 6.30. The number of methoxy groups -OCH3 is 1. The van der Waals surface area contributed by atoms with Crippen LogP contribution in [0.5, 0.6) is 5.75 Å². The van der Waals surface area contributed by atoms with Crippen molar-refractivity contribution in [2.75, 3.05) is 61.5 Å². The molecular weight excluding hydrogens is 561 g/mol. The van der Waals surface area contributed by atoms with Gasteiger partial charge < -0.3 is 25.2 Å². The fourth-order valence-electron chi connectivity index (χ4n) is 5.40. The Morgan fingerprint density at radius 1 is 1.17 bits per heavy atom. The molecule has 0 radical (unpaired) electrons. The smallest absolute Gasteiger partial charge is 0.247 e. The first-order valence-electron chi connectivity index (χ1n) is 13.8. The van der Waals surface area contributed by atoms with Gasteiger partial charge in [0.2, 0.25) is 5.91 Å². The van der Waals surface area contributed by atoms with Crippen molar-refractivity contribution in [2.45, 2.75) is 31.3 Å². The standard InChI is InChI=1S/C30H35ClFN7O3/c1-5-30(40)36-23-15-24(27(41-4)16-26(23)38-11-8-20(9-12-38)37(2)3)35-28-17-29(34-18-33-28)39-25(10-13-42-39)19-6-7-22(32)21(31)14-19/h5-7,14-18,20,25H,1,8-13H2,2-4H3,(H,36,40)(H,33,34,35)/t25-/m1/s1. The van der Waals surface area contributed by atoms with Crippen LogP contribution in [0.15, 0.2) is 55.4 Å². The largest absolute Gasteiger partial charge is 0.494 e. The summed E-state index contributed by atoms with van der Waals surface area (Å²) in [5, 5.41) is 8.01. The number of halogens is 2. The highest BCUT2D eigenvalue weighted by atomic mass is 35.5. The van der Waals surface area contributed by atoms with E-state index in [9.17, 15) is 9.18 Å². The summed E-state index contributed by atoms with van der Waals surface area (Å²) in [7, 11) is 5.81. The number of hydroxylamine groups is 1. The van der Waals surface area contributed by atoms with Gasteiger partial charge in [-0.3, -0.25) is 9.63 Å². The number of hydrogen-bond donors (Lipinski definition) is 2. The first kappa shape index (κ1) is 29.6. The highest BCUT2D eigenvalue weighted by Crippen LogP contribution is 2.40. The van der Waals surface area contributed by atoms with Gasteiger partial charge in [-0.25, -0.2) is 19.4 Å². The maximum Gasteiger partial charge on any atom is 0.247 e. The molecule has 1 atom stereocenters. The molecule has 3 heterocycles. The molecule has 0 saturated carbocycles. The van der Waals surface area contributed by atoms with Crippen molar-refractivity contribution in [1.82, 2.24) is 14.9 Å². The number of anilines is 5.